The Hall–Kier alpha value is -2.56. The van der Waals surface area contributed by atoms with Crippen LogP contribution in [0.3, 0.4) is 0 Å². The third kappa shape index (κ3) is 4.15. The molecule has 0 fully saturated rings. The fourth-order valence-corrected chi connectivity index (χ4v) is 3.01. The summed E-state index contributed by atoms with van der Waals surface area (Å²) in [4.78, 5) is 12.1. The molecule has 0 radical (unpaired) electrons. The van der Waals surface area contributed by atoms with Crippen molar-refractivity contribution >= 4 is 5.78 Å². The molecule has 0 spiro atoms. The number of methoxy groups -OCH3 is 2. The number of halogens is 1. The Kier molecular flexibility index (Phi) is 6.61. The highest BCUT2D eigenvalue weighted by atomic mass is 19.1. The van der Waals surface area contributed by atoms with E-state index in [1.165, 1.54) is 26.2 Å². The molecule has 0 aliphatic heterocycles. The summed E-state index contributed by atoms with van der Waals surface area (Å²) in [6.45, 7) is 5.69. The van der Waals surface area contributed by atoms with Gasteiger partial charge < -0.3 is 14.2 Å². The lowest BCUT2D eigenvalue weighted by molar-refractivity contribution is 0.101. The van der Waals surface area contributed by atoms with Crippen LogP contribution in [0.5, 0.6) is 17.2 Å². The third-order valence-electron chi connectivity index (χ3n) is 4.45. The summed E-state index contributed by atoms with van der Waals surface area (Å²) in [7, 11) is 3.08. The van der Waals surface area contributed by atoms with Crippen LogP contribution in [0.15, 0.2) is 24.3 Å². The van der Waals surface area contributed by atoms with Crippen molar-refractivity contribution in [2.75, 3.05) is 20.8 Å². The van der Waals surface area contributed by atoms with E-state index in [0.29, 0.717) is 29.4 Å². The fraction of sp³-hybridized carbons (Fsp3) is 0.381. The average Bonchev–Trinajstić information content (AvgIpc) is 2.62. The minimum atomic E-state index is -0.244. The molecule has 140 valence electrons. The summed E-state index contributed by atoms with van der Waals surface area (Å²) in [6.07, 6.45) is 1.50. The molecule has 0 aromatic heterocycles. The van der Waals surface area contributed by atoms with Gasteiger partial charge in [-0.25, -0.2) is 4.39 Å². The second-order valence-electron chi connectivity index (χ2n) is 6.16. The van der Waals surface area contributed by atoms with Crippen molar-refractivity contribution in [3.8, 4) is 17.2 Å². The molecule has 0 aliphatic carbocycles. The number of ketones is 1. The minimum Gasteiger partial charge on any atom is -0.492 e. The highest BCUT2D eigenvalue weighted by Crippen LogP contribution is 2.45. The van der Waals surface area contributed by atoms with E-state index >= 15 is 0 Å². The van der Waals surface area contributed by atoms with Crippen LogP contribution in [0.2, 0.25) is 0 Å². The van der Waals surface area contributed by atoms with Gasteiger partial charge in [-0.3, -0.25) is 4.79 Å². The van der Waals surface area contributed by atoms with Crippen molar-refractivity contribution in [2.45, 2.75) is 33.6 Å². The van der Waals surface area contributed by atoms with Crippen LogP contribution in [-0.2, 0) is 6.42 Å². The lowest BCUT2D eigenvalue weighted by Gasteiger charge is -2.21. The van der Waals surface area contributed by atoms with E-state index in [1.807, 2.05) is 13.8 Å². The number of rotatable bonds is 8. The molecule has 2 rings (SSSR count). The predicted octanol–water partition coefficient (Wildman–Crippen LogP) is 4.67. The summed E-state index contributed by atoms with van der Waals surface area (Å²) in [5, 5.41) is 0. The Labute approximate surface area is 153 Å². The van der Waals surface area contributed by atoms with Gasteiger partial charge in [0.1, 0.15) is 5.82 Å². The first-order valence-corrected chi connectivity index (χ1v) is 8.54. The van der Waals surface area contributed by atoms with Crippen molar-refractivity contribution in [1.82, 2.24) is 0 Å². The van der Waals surface area contributed by atoms with Gasteiger partial charge in [0, 0.05) is 0 Å². The zero-order valence-electron chi connectivity index (χ0n) is 15.9. The number of benzene rings is 2. The molecule has 0 atom stereocenters. The van der Waals surface area contributed by atoms with E-state index in [1.54, 1.807) is 19.2 Å². The van der Waals surface area contributed by atoms with Crippen LogP contribution < -0.4 is 14.2 Å². The molecule has 0 aliphatic rings. The SMILES string of the molecule is COc1c(C)c(C)c(C(C)=O)c(OC)c1OCCCc1ccc(F)cc1. The van der Waals surface area contributed by atoms with Crippen molar-refractivity contribution in [3.05, 3.63) is 52.3 Å². The van der Waals surface area contributed by atoms with Crippen molar-refractivity contribution < 1.29 is 23.4 Å². The normalized spacial score (nSPS) is 10.5. The second-order valence-corrected chi connectivity index (χ2v) is 6.16. The van der Waals surface area contributed by atoms with Gasteiger partial charge in [0.05, 0.1) is 26.4 Å². The molecule has 0 bridgehead atoms. The Morgan fingerprint density at radius 2 is 1.58 bits per heavy atom. The van der Waals surface area contributed by atoms with Gasteiger partial charge in [-0.2, -0.15) is 0 Å². The Morgan fingerprint density at radius 1 is 0.962 bits per heavy atom. The zero-order valence-corrected chi connectivity index (χ0v) is 15.9. The molecule has 26 heavy (non-hydrogen) atoms. The second kappa shape index (κ2) is 8.70. The Balaban J connectivity index is 2.21. The molecule has 2 aromatic rings. The maximum absolute atomic E-state index is 13.0. The number of hydrogen-bond acceptors (Lipinski definition) is 4. The summed E-state index contributed by atoms with van der Waals surface area (Å²) in [5.41, 5.74) is 3.23. The average molecular weight is 360 g/mol. The van der Waals surface area contributed by atoms with E-state index < -0.39 is 0 Å². The third-order valence-corrected chi connectivity index (χ3v) is 4.45. The standard InChI is InChI=1S/C21H25FO4/c1-13-14(2)19(24-4)21(20(25-5)18(13)15(3)23)26-12-6-7-16-8-10-17(22)11-9-16/h8-11H,6-7,12H2,1-5H3. The van der Waals surface area contributed by atoms with Gasteiger partial charge in [0.15, 0.2) is 17.3 Å². The van der Waals surface area contributed by atoms with Crippen molar-refractivity contribution in [2.24, 2.45) is 0 Å². The highest BCUT2D eigenvalue weighted by molar-refractivity contribution is 6.00. The zero-order chi connectivity index (χ0) is 19.3. The van der Waals surface area contributed by atoms with E-state index in [-0.39, 0.29) is 11.6 Å². The minimum absolute atomic E-state index is 0.0822. The van der Waals surface area contributed by atoms with Crippen LogP contribution in [0.1, 0.15) is 40.4 Å². The molecule has 5 heteroatoms. The molecule has 0 unspecified atom stereocenters. The first-order chi connectivity index (χ1) is 12.4. The first kappa shape index (κ1) is 19.8. The summed E-state index contributed by atoms with van der Waals surface area (Å²) < 4.78 is 29.9. The number of Topliss-reactive ketones (excluding diaryl/α,β-unsaturated/α-hetero) is 1. The predicted molar refractivity (Wildman–Crippen MR) is 99.2 cm³/mol. The van der Waals surface area contributed by atoms with E-state index in [0.717, 1.165) is 29.5 Å². The molecule has 0 saturated carbocycles. The van der Waals surface area contributed by atoms with Gasteiger partial charge >= 0.3 is 0 Å². The molecular weight excluding hydrogens is 335 g/mol. The monoisotopic (exact) mass is 360 g/mol. The van der Waals surface area contributed by atoms with E-state index in [9.17, 15) is 9.18 Å². The molecular formula is C21H25FO4. The summed E-state index contributed by atoms with van der Waals surface area (Å²) in [5.74, 6) is 1.10. The van der Waals surface area contributed by atoms with Crippen LogP contribution in [0.4, 0.5) is 4.39 Å². The maximum atomic E-state index is 13.0. The largest absolute Gasteiger partial charge is 0.492 e. The summed E-state index contributed by atoms with van der Waals surface area (Å²) in [6, 6.07) is 6.43. The number of carbonyl (C=O) groups excluding carboxylic acids is 1. The first-order valence-electron chi connectivity index (χ1n) is 8.54. The number of aryl methyl sites for hydroxylation is 1. The van der Waals surface area contributed by atoms with Gasteiger partial charge in [0.2, 0.25) is 5.75 Å². The van der Waals surface area contributed by atoms with Gasteiger partial charge in [0.25, 0.3) is 0 Å². The summed E-state index contributed by atoms with van der Waals surface area (Å²) >= 11 is 0. The van der Waals surface area contributed by atoms with E-state index in [4.69, 9.17) is 14.2 Å². The molecule has 0 saturated heterocycles. The maximum Gasteiger partial charge on any atom is 0.204 e. The number of hydrogen-bond donors (Lipinski definition) is 0. The van der Waals surface area contributed by atoms with Crippen molar-refractivity contribution in [1.29, 1.82) is 0 Å². The molecule has 0 amide bonds. The van der Waals surface area contributed by atoms with Crippen LogP contribution in [0.25, 0.3) is 0 Å². The van der Waals surface area contributed by atoms with Gasteiger partial charge in [-0.1, -0.05) is 12.1 Å². The number of carbonyl (C=O) groups is 1. The molecule has 0 N–H and O–H groups in total. The highest BCUT2D eigenvalue weighted by Gasteiger charge is 2.25. The van der Waals surface area contributed by atoms with Crippen LogP contribution >= 0.6 is 0 Å². The van der Waals surface area contributed by atoms with E-state index in [2.05, 4.69) is 0 Å². The Bertz CT molecular complexity index is 782. The van der Waals surface area contributed by atoms with Gasteiger partial charge in [-0.15, -0.1) is 0 Å². The molecule has 0 heterocycles. The van der Waals surface area contributed by atoms with Crippen molar-refractivity contribution in [3.63, 3.8) is 0 Å². The molecule has 2 aromatic carbocycles. The molecule has 4 nitrogen and oxygen atoms in total. The quantitative estimate of drug-likeness (QED) is 0.507. The fourth-order valence-electron chi connectivity index (χ4n) is 3.01. The lowest BCUT2D eigenvalue weighted by Crippen LogP contribution is -2.09. The van der Waals surface area contributed by atoms with Crippen LogP contribution in [-0.4, -0.2) is 26.6 Å². The Morgan fingerprint density at radius 3 is 2.12 bits per heavy atom. The topological polar surface area (TPSA) is 44.8 Å². The van der Waals surface area contributed by atoms with Gasteiger partial charge in [-0.05, 0) is 62.4 Å². The number of ether oxygens (including phenoxy) is 3. The van der Waals surface area contributed by atoms with Crippen LogP contribution in [0, 0.1) is 19.7 Å². The smallest absolute Gasteiger partial charge is 0.204 e. The lowest BCUT2D eigenvalue weighted by atomic mass is 9.97.